The highest BCUT2D eigenvalue weighted by atomic mass is 16.5. The number of carbonyl (C=O) groups is 2. The third kappa shape index (κ3) is 3.26. The molecule has 1 atom stereocenters. The minimum Gasteiger partial charge on any atom is -0.497 e. The minimum absolute atomic E-state index is 0.267. The lowest BCUT2D eigenvalue weighted by Crippen LogP contribution is -2.48. The highest BCUT2D eigenvalue weighted by Crippen LogP contribution is 2.39. The third-order valence-electron chi connectivity index (χ3n) is 4.32. The van der Waals surface area contributed by atoms with Crippen molar-refractivity contribution < 1.29 is 23.8 Å². The summed E-state index contributed by atoms with van der Waals surface area (Å²) in [5.74, 6) is 0.485. The summed E-state index contributed by atoms with van der Waals surface area (Å²) in [5, 5.41) is 0. The molecule has 3 rings (SSSR count). The Hall–Kier alpha value is -3.28. The van der Waals surface area contributed by atoms with Gasteiger partial charge < -0.3 is 14.2 Å². The molecule has 2 aromatic rings. The van der Waals surface area contributed by atoms with Gasteiger partial charge in [-0.3, -0.25) is 9.59 Å². The number of para-hydroxylation sites is 1. The fourth-order valence-corrected chi connectivity index (χ4v) is 2.99. The van der Waals surface area contributed by atoms with Crippen LogP contribution in [0.4, 0.5) is 5.69 Å². The maximum absolute atomic E-state index is 13.3. The van der Waals surface area contributed by atoms with E-state index in [1.54, 1.807) is 37.3 Å². The van der Waals surface area contributed by atoms with E-state index in [-0.39, 0.29) is 5.56 Å². The van der Waals surface area contributed by atoms with E-state index in [9.17, 15) is 9.59 Å². The molecule has 0 N–H and O–H groups in total. The van der Waals surface area contributed by atoms with Gasteiger partial charge in [0.15, 0.2) is 11.9 Å². The molecule has 140 valence electrons. The van der Waals surface area contributed by atoms with Crippen molar-refractivity contribution in [2.45, 2.75) is 20.0 Å². The highest BCUT2D eigenvalue weighted by molar-refractivity contribution is 6.24. The Morgan fingerprint density at radius 1 is 1.19 bits per heavy atom. The summed E-state index contributed by atoms with van der Waals surface area (Å²) in [4.78, 5) is 27.2. The van der Waals surface area contributed by atoms with Crippen LogP contribution < -0.4 is 19.1 Å². The van der Waals surface area contributed by atoms with Gasteiger partial charge in [-0.05, 0) is 32.0 Å². The molecular weight excluding hydrogens is 346 g/mol. The number of fused-ring (bicyclic) bond motifs is 1. The number of nitrogens with zero attached hydrogens (tertiary/aromatic N) is 1. The van der Waals surface area contributed by atoms with Crippen LogP contribution >= 0.6 is 0 Å². The molecule has 2 amide bonds. The van der Waals surface area contributed by atoms with E-state index in [1.807, 2.05) is 25.1 Å². The number of ether oxygens (including phenoxy) is 3. The van der Waals surface area contributed by atoms with Crippen molar-refractivity contribution in [2.24, 2.45) is 0 Å². The fraction of sp³-hybridized carbons (Fsp3) is 0.238. The Bertz CT molecular complexity index is 919. The van der Waals surface area contributed by atoms with Gasteiger partial charge in [-0.1, -0.05) is 24.3 Å². The third-order valence-corrected chi connectivity index (χ3v) is 4.32. The Balaban J connectivity index is 2.13. The zero-order valence-electron chi connectivity index (χ0n) is 15.7. The monoisotopic (exact) mass is 367 g/mol. The maximum Gasteiger partial charge on any atom is 0.274 e. The first kappa shape index (κ1) is 18.5. The van der Waals surface area contributed by atoms with E-state index in [4.69, 9.17) is 14.2 Å². The van der Waals surface area contributed by atoms with Gasteiger partial charge in [0.05, 0.1) is 25.5 Å². The van der Waals surface area contributed by atoms with Gasteiger partial charge in [-0.15, -0.1) is 0 Å². The van der Waals surface area contributed by atoms with Gasteiger partial charge in [0.2, 0.25) is 0 Å². The number of benzene rings is 2. The smallest absolute Gasteiger partial charge is 0.274 e. The van der Waals surface area contributed by atoms with E-state index < -0.39 is 17.9 Å². The highest BCUT2D eigenvalue weighted by Gasteiger charge is 2.38. The molecule has 6 heteroatoms. The average Bonchev–Trinajstić information content (AvgIpc) is 2.68. The second kappa shape index (κ2) is 7.53. The zero-order valence-corrected chi connectivity index (χ0v) is 15.7. The molecule has 1 unspecified atom stereocenters. The number of amides is 2. The Morgan fingerprint density at radius 2 is 1.96 bits per heavy atom. The Kier molecular flexibility index (Phi) is 5.16. The number of hydrogen-bond acceptors (Lipinski definition) is 5. The molecule has 0 aliphatic carbocycles. The van der Waals surface area contributed by atoms with Gasteiger partial charge in [-0.2, -0.15) is 0 Å². The molecule has 2 aromatic carbocycles. The number of methoxy groups -OCH3 is 2. The summed E-state index contributed by atoms with van der Waals surface area (Å²) < 4.78 is 16.3. The van der Waals surface area contributed by atoms with E-state index in [0.29, 0.717) is 22.9 Å². The van der Waals surface area contributed by atoms with Crippen LogP contribution in [0.5, 0.6) is 17.2 Å². The number of imide groups is 1. The number of rotatable bonds is 4. The molecule has 6 nitrogen and oxygen atoms in total. The van der Waals surface area contributed by atoms with Crippen molar-refractivity contribution >= 4 is 23.6 Å². The lowest BCUT2D eigenvalue weighted by Gasteiger charge is -2.32. The van der Waals surface area contributed by atoms with Crippen molar-refractivity contribution in [1.29, 1.82) is 0 Å². The van der Waals surface area contributed by atoms with Crippen LogP contribution in [0.2, 0.25) is 0 Å². The molecule has 0 aromatic heterocycles. The first-order valence-electron chi connectivity index (χ1n) is 8.54. The molecule has 0 radical (unpaired) electrons. The van der Waals surface area contributed by atoms with E-state index in [2.05, 4.69) is 0 Å². The number of anilines is 1. The number of allylic oxidation sites excluding steroid dienone is 1. The molecule has 1 aliphatic rings. The molecule has 0 fully saturated rings. The van der Waals surface area contributed by atoms with Gasteiger partial charge in [0.25, 0.3) is 11.8 Å². The molecule has 27 heavy (non-hydrogen) atoms. The Labute approximate surface area is 158 Å². The molecule has 1 heterocycles. The van der Waals surface area contributed by atoms with Gasteiger partial charge in [0, 0.05) is 11.6 Å². The zero-order chi connectivity index (χ0) is 19.6. The average molecular weight is 367 g/mol. The molecule has 0 saturated carbocycles. The van der Waals surface area contributed by atoms with Crippen LogP contribution in [-0.4, -0.2) is 32.1 Å². The number of hydrogen-bond donors (Lipinski definition) is 0. The standard InChI is InChI=1S/C21H21NO5/c1-5-7-14-8-6-9-17-19(14)27-13(2)20(23)22(17)21(24)16-11-10-15(25-3)12-18(16)26-4/h5-13H,1-4H3. The quantitative estimate of drug-likeness (QED) is 0.771. The van der Waals surface area contributed by atoms with Gasteiger partial charge in [0.1, 0.15) is 11.5 Å². The fourth-order valence-electron chi connectivity index (χ4n) is 2.99. The van der Waals surface area contributed by atoms with Crippen LogP contribution in [0.1, 0.15) is 29.8 Å². The second-order valence-corrected chi connectivity index (χ2v) is 6.00. The van der Waals surface area contributed by atoms with E-state index in [0.717, 1.165) is 10.5 Å². The number of carbonyl (C=O) groups excluding carboxylic acids is 2. The van der Waals surface area contributed by atoms with Crippen LogP contribution in [0, 0.1) is 0 Å². The van der Waals surface area contributed by atoms with Crippen LogP contribution in [0.3, 0.4) is 0 Å². The first-order chi connectivity index (χ1) is 13.0. The summed E-state index contributed by atoms with van der Waals surface area (Å²) in [6, 6.07) is 10.2. The van der Waals surface area contributed by atoms with Crippen molar-refractivity contribution in [3.8, 4) is 17.2 Å². The van der Waals surface area contributed by atoms with Crippen LogP contribution in [-0.2, 0) is 4.79 Å². The van der Waals surface area contributed by atoms with Crippen molar-refractivity contribution in [3.05, 3.63) is 53.6 Å². The van der Waals surface area contributed by atoms with Crippen LogP contribution in [0.25, 0.3) is 6.08 Å². The molecule has 1 aliphatic heterocycles. The predicted octanol–water partition coefficient (Wildman–Crippen LogP) is 3.69. The summed E-state index contributed by atoms with van der Waals surface area (Å²) in [5.41, 5.74) is 1.48. The lowest BCUT2D eigenvalue weighted by molar-refractivity contribution is -0.124. The van der Waals surface area contributed by atoms with Crippen molar-refractivity contribution in [2.75, 3.05) is 19.1 Å². The van der Waals surface area contributed by atoms with E-state index in [1.165, 1.54) is 14.2 Å². The molecular formula is C21H21NO5. The predicted molar refractivity (Wildman–Crippen MR) is 103 cm³/mol. The SMILES string of the molecule is CC=Cc1cccc2c1OC(C)C(=O)N2C(=O)c1ccc(OC)cc1OC. The van der Waals surface area contributed by atoms with E-state index >= 15 is 0 Å². The molecule has 0 saturated heterocycles. The van der Waals surface area contributed by atoms with Crippen molar-refractivity contribution in [3.63, 3.8) is 0 Å². The van der Waals surface area contributed by atoms with Gasteiger partial charge in [-0.25, -0.2) is 4.90 Å². The van der Waals surface area contributed by atoms with Crippen LogP contribution in [0.15, 0.2) is 42.5 Å². The summed E-state index contributed by atoms with van der Waals surface area (Å²) in [7, 11) is 3.00. The second-order valence-electron chi connectivity index (χ2n) is 6.00. The molecule has 0 spiro atoms. The largest absolute Gasteiger partial charge is 0.497 e. The maximum atomic E-state index is 13.3. The first-order valence-corrected chi connectivity index (χ1v) is 8.54. The summed E-state index contributed by atoms with van der Waals surface area (Å²) >= 11 is 0. The topological polar surface area (TPSA) is 65.1 Å². The summed E-state index contributed by atoms with van der Waals surface area (Å²) in [6.45, 7) is 3.52. The molecule has 0 bridgehead atoms. The minimum atomic E-state index is -0.780. The lowest BCUT2D eigenvalue weighted by atomic mass is 10.1. The normalized spacial score (nSPS) is 16.1. The Morgan fingerprint density at radius 3 is 2.63 bits per heavy atom. The summed E-state index contributed by atoms with van der Waals surface area (Å²) in [6.07, 6.45) is 2.97. The van der Waals surface area contributed by atoms with Gasteiger partial charge >= 0.3 is 0 Å². The van der Waals surface area contributed by atoms with Crippen molar-refractivity contribution in [1.82, 2.24) is 0 Å².